The van der Waals surface area contributed by atoms with E-state index in [1.54, 1.807) is 0 Å². The van der Waals surface area contributed by atoms with Crippen molar-refractivity contribution in [2.45, 2.75) is 85.2 Å². The molecular formula is C18H38N2. The summed E-state index contributed by atoms with van der Waals surface area (Å²) in [7, 11) is 2.29. The van der Waals surface area contributed by atoms with Crippen molar-refractivity contribution < 1.29 is 0 Å². The van der Waals surface area contributed by atoms with Crippen LogP contribution in [0.25, 0.3) is 0 Å². The summed E-state index contributed by atoms with van der Waals surface area (Å²) in [5.74, 6) is 1.71. The number of likely N-dealkylation sites (N-methyl/N-ethyl adjacent to an activating group) is 1. The van der Waals surface area contributed by atoms with Crippen molar-refractivity contribution >= 4 is 0 Å². The SMILES string of the molecule is CCCC(C)N(C)C(CN)C1CCC(C(C)(C)C)CC1. The zero-order valence-electron chi connectivity index (χ0n) is 14.8. The molecule has 0 aromatic carbocycles. The molecule has 2 atom stereocenters. The molecule has 2 N–H and O–H groups in total. The van der Waals surface area contributed by atoms with Gasteiger partial charge < -0.3 is 5.73 Å². The van der Waals surface area contributed by atoms with E-state index in [1.165, 1.54) is 38.5 Å². The number of nitrogens with zero attached hydrogens (tertiary/aromatic N) is 1. The van der Waals surface area contributed by atoms with Crippen molar-refractivity contribution in [1.29, 1.82) is 0 Å². The van der Waals surface area contributed by atoms with Crippen molar-refractivity contribution in [2.24, 2.45) is 23.0 Å². The van der Waals surface area contributed by atoms with Gasteiger partial charge in [-0.1, -0.05) is 34.1 Å². The largest absolute Gasteiger partial charge is 0.329 e. The van der Waals surface area contributed by atoms with Gasteiger partial charge in [-0.2, -0.15) is 0 Å². The van der Waals surface area contributed by atoms with Crippen molar-refractivity contribution in [1.82, 2.24) is 4.90 Å². The van der Waals surface area contributed by atoms with Crippen LogP contribution in [0, 0.1) is 17.3 Å². The predicted molar refractivity (Wildman–Crippen MR) is 89.9 cm³/mol. The lowest BCUT2D eigenvalue weighted by atomic mass is 9.68. The maximum atomic E-state index is 6.12. The van der Waals surface area contributed by atoms with Crippen LogP contribution in [-0.4, -0.2) is 30.6 Å². The molecule has 0 heterocycles. The van der Waals surface area contributed by atoms with E-state index in [0.29, 0.717) is 17.5 Å². The summed E-state index contributed by atoms with van der Waals surface area (Å²) in [4.78, 5) is 2.56. The highest BCUT2D eigenvalue weighted by Crippen LogP contribution is 2.41. The summed E-state index contributed by atoms with van der Waals surface area (Å²) in [5.41, 5.74) is 6.59. The van der Waals surface area contributed by atoms with Gasteiger partial charge >= 0.3 is 0 Å². The van der Waals surface area contributed by atoms with Crippen LogP contribution in [0.3, 0.4) is 0 Å². The molecule has 0 aliphatic heterocycles. The molecule has 2 heteroatoms. The smallest absolute Gasteiger partial charge is 0.0246 e. The Morgan fingerprint density at radius 3 is 2.10 bits per heavy atom. The Hall–Kier alpha value is -0.0800. The highest BCUT2D eigenvalue weighted by atomic mass is 15.2. The molecule has 20 heavy (non-hydrogen) atoms. The molecule has 120 valence electrons. The zero-order valence-corrected chi connectivity index (χ0v) is 14.8. The molecule has 2 unspecified atom stereocenters. The Morgan fingerprint density at radius 1 is 1.15 bits per heavy atom. The van der Waals surface area contributed by atoms with Gasteiger partial charge in [0.1, 0.15) is 0 Å². The topological polar surface area (TPSA) is 29.3 Å². The van der Waals surface area contributed by atoms with Crippen molar-refractivity contribution in [2.75, 3.05) is 13.6 Å². The highest BCUT2D eigenvalue weighted by molar-refractivity contribution is 4.88. The molecular weight excluding hydrogens is 244 g/mol. The third-order valence-corrected chi connectivity index (χ3v) is 5.71. The second-order valence-corrected chi connectivity index (χ2v) is 8.08. The summed E-state index contributed by atoms with van der Waals surface area (Å²) < 4.78 is 0. The van der Waals surface area contributed by atoms with E-state index in [9.17, 15) is 0 Å². The predicted octanol–water partition coefficient (Wildman–Crippen LogP) is 4.29. The normalized spacial score (nSPS) is 27.6. The standard InChI is InChI=1S/C18H38N2/c1-7-8-14(2)20(6)17(13-19)15-9-11-16(12-10-15)18(3,4)5/h14-17H,7-13,19H2,1-6H3. The number of rotatable bonds is 6. The van der Waals surface area contributed by atoms with Crippen LogP contribution in [0.4, 0.5) is 0 Å². The minimum atomic E-state index is 0.477. The molecule has 0 radical (unpaired) electrons. The average Bonchev–Trinajstić information content (AvgIpc) is 2.39. The third kappa shape index (κ3) is 4.73. The lowest BCUT2D eigenvalue weighted by Crippen LogP contribution is -2.48. The first-order valence-corrected chi connectivity index (χ1v) is 8.73. The maximum absolute atomic E-state index is 6.12. The summed E-state index contributed by atoms with van der Waals surface area (Å²) in [6.45, 7) is 12.6. The van der Waals surface area contributed by atoms with Gasteiger partial charge in [0, 0.05) is 18.6 Å². The first-order valence-electron chi connectivity index (χ1n) is 8.73. The fourth-order valence-electron chi connectivity index (χ4n) is 4.01. The monoisotopic (exact) mass is 282 g/mol. The summed E-state index contributed by atoms with van der Waals surface area (Å²) in [6, 6.07) is 1.24. The third-order valence-electron chi connectivity index (χ3n) is 5.71. The summed E-state index contributed by atoms with van der Waals surface area (Å²) in [6.07, 6.45) is 8.06. The Balaban J connectivity index is 2.56. The molecule has 1 aliphatic rings. The van der Waals surface area contributed by atoms with Crippen LogP contribution in [0.5, 0.6) is 0 Å². The Morgan fingerprint density at radius 2 is 1.70 bits per heavy atom. The van der Waals surface area contributed by atoms with Crippen LogP contribution >= 0.6 is 0 Å². The van der Waals surface area contributed by atoms with Gasteiger partial charge in [-0.15, -0.1) is 0 Å². The van der Waals surface area contributed by atoms with Crippen LogP contribution in [-0.2, 0) is 0 Å². The van der Waals surface area contributed by atoms with Gasteiger partial charge in [0.25, 0.3) is 0 Å². The molecule has 0 aromatic rings. The highest BCUT2D eigenvalue weighted by Gasteiger charge is 2.34. The molecule has 1 fully saturated rings. The van der Waals surface area contributed by atoms with Gasteiger partial charge in [0.2, 0.25) is 0 Å². The Kier molecular flexibility index (Phi) is 7.00. The number of hydrogen-bond acceptors (Lipinski definition) is 2. The van der Waals surface area contributed by atoms with Gasteiger partial charge in [0.15, 0.2) is 0 Å². The first kappa shape index (κ1) is 18.0. The average molecular weight is 283 g/mol. The fourth-order valence-corrected chi connectivity index (χ4v) is 4.01. The van der Waals surface area contributed by atoms with Crippen LogP contribution in [0.2, 0.25) is 0 Å². The molecule has 0 spiro atoms. The molecule has 0 amide bonds. The minimum Gasteiger partial charge on any atom is -0.329 e. The van der Waals surface area contributed by atoms with E-state index >= 15 is 0 Å². The number of hydrogen-bond donors (Lipinski definition) is 1. The molecule has 1 saturated carbocycles. The fraction of sp³-hybridized carbons (Fsp3) is 1.00. The molecule has 1 aliphatic carbocycles. The molecule has 0 saturated heterocycles. The Bertz CT molecular complexity index is 261. The van der Waals surface area contributed by atoms with Gasteiger partial charge in [-0.25, -0.2) is 0 Å². The maximum Gasteiger partial charge on any atom is 0.0246 e. The van der Waals surface area contributed by atoms with Gasteiger partial charge in [0.05, 0.1) is 0 Å². The molecule has 2 nitrogen and oxygen atoms in total. The van der Waals surface area contributed by atoms with E-state index in [1.807, 2.05) is 0 Å². The molecule has 0 aromatic heterocycles. The molecule has 1 rings (SSSR count). The lowest BCUT2D eigenvalue weighted by molar-refractivity contribution is 0.0748. The van der Waals surface area contributed by atoms with E-state index < -0.39 is 0 Å². The van der Waals surface area contributed by atoms with Crippen LogP contribution < -0.4 is 5.73 Å². The second-order valence-electron chi connectivity index (χ2n) is 8.08. The number of nitrogens with two attached hydrogens (primary N) is 1. The van der Waals surface area contributed by atoms with Gasteiger partial charge in [-0.3, -0.25) is 4.90 Å². The lowest BCUT2D eigenvalue weighted by Gasteiger charge is -2.43. The van der Waals surface area contributed by atoms with E-state index in [2.05, 4.69) is 46.6 Å². The quantitative estimate of drug-likeness (QED) is 0.787. The summed E-state index contributed by atoms with van der Waals surface area (Å²) in [5, 5.41) is 0. The first-order chi connectivity index (χ1) is 9.31. The van der Waals surface area contributed by atoms with Crippen LogP contribution in [0.1, 0.15) is 73.1 Å². The second kappa shape index (κ2) is 7.79. The van der Waals surface area contributed by atoms with Crippen LogP contribution in [0.15, 0.2) is 0 Å². The van der Waals surface area contributed by atoms with Gasteiger partial charge in [-0.05, 0) is 63.3 Å². The van der Waals surface area contributed by atoms with Crippen molar-refractivity contribution in [3.63, 3.8) is 0 Å². The van der Waals surface area contributed by atoms with Crippen molar-refractivity contribution in [3.8, 4) is 0 Å². The summed E-state index contributed by atoms with van der Waals surface area (Å²) >= 11 is 0. The minimum absolute atomic E-state index is 0.477. The van der Waals surface area contributed by atoms with E-state index in [4.69, 9.17) is 5.73 Å². The molecule has 0 bridgehead atoms. The zero-order chi connectivity index (χ0) is 15.3. The Labute approximate surface area is 127 Å². The van der Waals surface area contributed by atoms with Crippen molar-refractivity contribution in [3.05, 3.63) is 0 Å². The van der Waals surface area contributed by atoms with E-state index in [-0.39, 0.29) is 0 Å². The van der Waals surface area contributed by atoms with E-state index in [0.717, 1.165) is 18.4 Å².